The summed E-state index contributed by atoms with van der Waals surface area (Å²) in [6.07, 6.45) is -0.144. The van der Waals surface area contributed by atoms with Crippen LogP contribution in [0.25, 0.3) is 0 Å². The van der Waals surface area contributed by atoms with Gasteiger partial charge in [0.1, 0.15) is 0 Å². The van der Waals surface area contributed by atoms with Gasteiger partial charge in [0.25, 0.3) is 0 Å². The average molecular weight is 248 g/mol. The van der Waals surface area contributed by atoms with E-state index in [1.165, 1.54) is 0 Å². The summed E-state index contributed by atoms with van der Waals surface area (Å²) < 4.78 is 0. The molecule has 0 spiro atoms. The van der Waals surface area contributed by atoms with E-state index in [0.717, 1.165) is 0 Å². The largest absolute Gasteiger partial charge is 0.481 e. The summed E-state index contributed by atoms with van der Waals surface area (Å²) in [5.41, 5.74) is -2.70. The summed E-state index contributed by atoms with van der Waals surface area (Å²) in [6.45, 7) is 2.02. The molecule has 0 bridgehead atoms. The van der Waals surface area contributed by atoms with Gasteiger partial charge in [0.15, 0.2) is 0 Å². The minimum atomic E-state index is -2.70. The van der Waals surface area contributed by atoms with Crippen LogP contribution in [-0.2, 0) is 14.4 Å². The molecule has 0 rings (SSSR count). The summed E-state index contributed by atoms with van der Waals surface area (Å²) >= 11 is 0. The molecule has 0 aliphatic carbocycles. The molecule has 0 saturated carbocycles. The topological polar surface area (TPSA) is 132 Å². The second kappa shape index (κ2) is 5.62. The van der Waals surface area contributed by atoms with Gasteiger partial charge < -0.3 is 20.4 Å². The highest BCUT2D eigenvalue weighted by Crippen LogP contribution is 2.33. The van der Waals surface area contributed by atoms with E-state index in [4.69, 9.17) is 20.4 Å². The van der Waals surface area contributed by atoms with Gasteiger partial charge >= 0.3 is 17.9 Å². The first-order valence-corrected chi connectivity index (χ1v) is 5.00. The van der Waals surface area contributed by atoms with E-state index in [2.05, 4.69) is 0 Å². The molecule has 4 N–H and O–H groups in total. The van der Waals surface area contributed by atoms with Crippen molar-refractivity contribution in [1.82, 2.24) is 0 Å². The zero-order valence-corrected chi connectivity index (χ0v) is 9.58. The van der Waals surface area contributed by atoms with Crippen molar-refractivity contribution >= 4 is 17.9 Å². The minimum absolute atomic E-state index is 0.144. The summed E-state index contributed by atoms with van der Waals surface area (Å²) in [6, 6.07) is 0. The Balaban J connectivity index is 5.59. The summed E-state index contributed by atoms with van der Waals surface area (Å²) in [5.74, 6) is -7.12. The highest BCUT2D eigenvalue weighted by molar-refractivity contribution is 6.02. The van der Waals surface area contributed by atoms with Crippen LogP contribution in [0, 0.1) is 17.3 Å². The zero-order chi connectivity index (χ0) is 13.8. The molecule has 0 heterocycles. The van der Waals surface area contributed by atoms with E-state index in [-0.39, 0.29) is 12.3 Å². The Labute approximate surface area is 97.7 Å². The van der Waals surface area contributed by atoms with Crippen molar-refractivity contribution in [2.24, 2.45) is 17.3 Å². The Morgan fingerprint density at radius 3 is 1.65 bits per heavy atom. The summed E-state index contributed by atoms with van der Waals surface area (Å²) in [7, 11) is 0. The smallest absolute Gasteiger partial charge is 0.324 e. The molecule has 0 radical (unpaired) electrons. The second-order valence-electron chi connectivity index (χ2n) is 4.26. The van der Waals surface area contributed by atoms with Crippen molar-refractivity contribution in [3.05, 3.63) is 0 Å². The maximum Gasteiger partial charge on any atom is 0.324 e. The number of aliphatic hydroxyl groups excluding tert-OH is 1. The molecule has 0 aromatic carbocycles. The first-order chi connectivity index (χ1) is 7.70. The van der Waals surface area contributed by atoms with Gasteiger partial charge in [-0.15, -0.1) is 0 Å². The molecule has 0 amide bonds. The number of carboxylic acid groups (broad SMARTS) is 3. The standard InChI is InChI=1S/C10H16O7/c1-5(2)3-6(7(12)13)10(4-11,8(14)15)9(16)17/h5-6,11H,3-4H2,1-2H3,(H,12,13)(H,14,15)(H,16,17). The van der Waals surface area contributed by atoms with Crippen molar-refractivity contribution < 1.29 is 34.8 Å². The van der Waals surface area contributed by atoms with E-state index in [1.54, 1.807) is 13.8 Å². The lowest BCUT2D eigenvalue weighted by Crippen LogP contribution is -2.51. The predicted molar refractivity (Wildman–Crippen MR) is 55.4 cm³/mol. The molecule has 7 nitrogen and oxygen atoms in total. The quantitative estimate of drug-likeness (QED) is 0.462. The lowest BCUT2D eigenvalue weighted by Gasteiger charge is -2.29. The Bertz CT molecular complexity index is 307. The van der Waals surface area contributed by atoms with Crippen LogP contribution in [0.4, 0.5) is 0 Å². The van der Waals surface area contributed by atoms with Crippen molar-refractivity contribution in [1.29, 1.82) is 0 Å². The molecular formula is C10H16O7. The van der Waals surface area contributed by atoms with E-state index in [9.17, 15) is 14.4 Å². The lowest BCUT2D eigenvalue weighted by molar-refractivity contribution is -0.180. The van der Waals surface area contributed by atoms with Gasteiger partial charge in [0.2, 0.25) is 5.41 Å². The minimum Gasteiger partial charge on any atom is -0.481 e. The first-order valence-electron chi connectivity index (χ1n) is 5.00. The molecule has 1 atom stereocenters. The van der Waals surface area contributed by atoms with Crippen LogP contribution in [0.3, 0.4) is 0 Å². The van der Waals surface area contributed by atoms with Crippen molar-refractivity contribution in [2.45, 2.75) is 20.3 Å². The highest BCUT2D eigenvalue weighted by Gasteiger charge is 2.56. The Morgan fingerprint density at radius 2 is 1.47 bits per heavy atom. The Morgan fingerprint density at radius 1 is 1.06 bits per heavy atom. The number of rotatable bonds is 7. The fourth-order valence-corrected chi connectivity index (χ4v) is 1.62. The molecule has 0 aliphatic heterocycles. The molecule has 1 unspecified atom stereocenters. The molecule has 0 aromatic heterocycles. The lowest BCUT2D eigenvalue weighted by atomic mass is 9.72. The molecule has 0 saturated heterocycles. The molecule has 0 aromatic rings. The number of carbonyl (C=O) groups is 3. The van der Waals surface area contributed by atoms with Gasteiger partial charge in [-0.05, 0) is 12.3 Å². The summed E-state index contributed by atoms with van der Waals surface area (Å²) in [4.78, 5) is 33.0. The van der Waals surface area contributed by atoms with Crippen LogP contribution >= 0.6 is 0 Å². The van der Waals surface area contributed by atoms with Gasteiger partial charge in [-0.1, -0.05) is 13.8 Å². The van der Waals surface area contributed by atoms with E-state index < -0.39 is 35.8 Å². The number of hydrogen-bond acceptors (Lipinski definition) is 4. The maximum absolute atomic E-state index is 11.0. The van der Waals surface area contributed by atoms with Crippen LogP contribution < -0.4 is 0 Å². The fraction of sp³-hybridized carbons (Fsp3) is 0.700. The maximum atomic E-state index is 11.0. The molecule has 0 aliphatic rings. The Hall–Kier alpha value is -1.63. The van der Waals surface area contributed by atoms with Gasteiger partial charge in [-0.25, -0.2) is 0 Å². The number of aliphatic carboxylic acids is 3. The van der Waals surface area contributed by atoms with Crippen LogP contribution in [0.15, 0.2) is 0 Å². The fourth-order valence-electron chi connectivity index (χ4n) is 1.62. The normalized spacial score (nSPS) is 13.4. The van der Waals surface area contributed by atoms with Crippen molar-refractivity contribution in [3.8, 4) is 0 Å². The zero-order valence-electron chi connectivity index (χ0n) is 9.58. The van der Waals surface area contributed by atoms with Gasteiger partial charge in [-0.3, -0.25) is 14.4 Å². The second-order valence-corrected chi connectivity index (χ2v) is 4.26. The van der Waals surface area contributed by atoms with Crippen molar-refractivity contribution in [2.75, 3.05) is 6.61 Å². The third-order valence-corrected chi connectivity index (χ3v) is 2.61. The van der Waals surface area contributed by atoms with Gasteiger partial charge in [-0.2, -0.15) is 0 Å². The molecule has 17 heavy (non-hydrogen) atoms. The molecule has 0 fully saturated rings. The van der Waals surface area contributed by atoms with Crippen LogP contribution in [-0.4, -0.2) is 44.9 Å². The van der Waals surface area contributed by atoms with Gasteiger partial charge in [0.05, 0.1) is 12.5 Å². The third kappa shape index (κ3) is 2.94. The number of hydrogen-bond donors (Lipinski definition) is 4. The van der Waals surface area contributed by atoms with Crippen molar-refractivity contribution in [3.63, 3.8) is 0 Å². The highest BCUT2D eigenvalue weighted by atomic mass is 16.4. The number of carboxylic acids is 3. The van der Waals surface area contributed by atoms with E-state index in [0.29, 0.717) is 0 Å². The first kappa shape index (κ1) is 15.4. The predicted octanol–water partition coefficient (Wildman–Crippen LogP) is -0.119. The summed E-state index contributed by atoms with van der Waals surface area (Å²) in [5, 5.41) is 35.8. The van der Waals surface area contributed by atoms with Gasteiger partial charge in [0, 0.05) is 0 Å². The molecular weight excluding hydrogens is 232 g/mol. The van der Waals surface area contributed by atoms with E-state index >= 15 is 0 Å². The average Bonchev–Trinajstić information content (AvgIpc) is 2.15. The molecule has 7 heteroatoms. The SMILES string of the molecule is CC(C)CC(C(=O)O)C(CO)(C(=O)O)C(=O)O. The Kier molecular flexibility index (Phi) is 5.09. The van der Waals surface area contributed by atoms with Crippen LogP contribution in [0.5, 0.6) is 0 Å². The third-order valence-electron chi connectivity index (χ3n) is 2.61. The van der Waals surface area contributed by atoms with Crippen LogP contribution in [0.1, 0.15) is 20.3 Å². The van der Waals surface area contributed by atoms with E-state index in [1.807, 2.05) is 0 Å². The van der Waals surface area contributed by atoms with Crippen LogP contribution in [0.2, 0.25) is 0 Å². The monoisotopic (exact) mass is 248 g/mol. The number of aliphatic hydroxyl groups is 1. The molecule has 98 valence electrons.